The third-order valence-electron chi connectivity index (χ3n) is 6.38. The van der Waals surface area contributed by atoms with Gasteiger partial charge in [-0.3, -0.25) is 9.59 Å². The lowest BCUT2D eigenvalue weighted by Gasteiger charge is -2.12. The van der Waals surface area contributed by atoms with Gasteiger partial charge in [-0.1, -0.05) is 60.7 Å². The third kappa shape index (κ3) is 5.20. The van der Waals surface area contributed by atoms with Crippen LogP contribution in [0.15, 0.2) is 97.1 Å². The van der Waals surface area contributed by atoms with Crippen LogP contribution in [0.3, 0.4) is 0 Å². The smallest absolute Gasteiger partial charge is 0.309 e. The Bertz CT molecular complexity index is 1690. The van der Waals surface area contributed by atoms with Crippen LogP contribution in [-0.4, -0.2) is 21.7 Å². The number of rotatable bonds is 6. The van der Waals surface area contributed by atoms with E-state index < -0.39 is 11.8 Å². The number of hydrogen-bond donors (Lipinski definition) is 1. The van der Waals surface area contributed by atoms with Crippen molar-refractivity contribution in [3.63, 3.8) is 0 Å². The molecule has 5 rings (SSSR count). The lowest BCUT2D eigenvalue weighted by molar-refractivity contribution is -0.132. The second-order valence-corrected chi connectivity index (χ2v) is 9.15. The fraction of sp³-hybridized carbons (Fsp3) is 0.0938. The van der Waals surface area contributed by atoms with Gasteiger partial charge < -0.3 is 10.1 Å². The van der Waals surface area contributed by atoms with Crippen molar-refractivity contribution in [3.05, 3.63) is 120 Å². The van der Waals surface area contributed by atoms with E-state index in [1.165, 1.54) is 17.7 Å². The third-order valence-corrected chi connectivity index (χ3v) is 6.38. The zero-order valence-corrected chi connectivity index (χ0v) is 21.7. The Morgan fingerprint density at radius 3 is 2.13 bits per heavy atom. The number of nitrogens with zero attached hydrogens (tertiary/aromatic N) is 2. The van der Waals surface area contributed by atoms with Gasteiger partial charge in [-0.2, -0.15) is 9.78 Å². The summed E-state index contributed by atoms with van der Waals surface area (Å²) in [5.74, 6) is -1.04. The SMILES string of the molecule is CC(=O)Oc1c(-c2ccc(NC(=O)c3ccccc3C)cc2)c(-c2ccccc2F)nn1-c1ccccc1C. The summed E-state index contributed by atoms with van der Waals surface area (Å²) in [6.07, 6.45) is 0. The lowest BCUT2D eigenvalue weighted by Crippen LogP contribution is -2.13. The van der Waals surface area contributed by atoms with Crippen LogP contribution in [0.25, 0.3) is 28.1 Å². The quantitative estimate of drug-likeness (QED) is 0.242. The van der Waals surface area contributed by atoms with Crippen LogP contribution in [0, 0.1) is 19.7 Å². The van der Waals surface area contributed by atoms with E-state index in [-0.39, 0.29) is 17.4 Å². The van der Waals surface area contributed by atoms with E-state index in [4.69, 9.17) is 9.84 Å². The largest absolute Gasteiger partial charge is 0.407 e. The molecule has 194 valence electrons. The van der Waals surface area contributed by atoms with Crippen molar-refractivity contribution in [3.8, 4) is 34.0 Å². The van der Waals surface area contributed by atoms with Crippen molar-refractivity contribution in [1.82, 2.24) is 9.78 Å². The normalized spacial score (nSPS) is 10.8. The standard InChI is InChI=1S/C32H26FN3O3/c1-20-10-4-6-12-25(20)31(38)34-24-18-16-23(17-19-24)29-30(26-13-7-8-14-27(26)33)35-36(32(29)39-22(3)37)28-15-9-5-11-21(28)2/h4-19H,1-3H3,(H,34,38). The van der Waals surface area contributed by atoms with Crippen LogP contribution in [0.2, 0.25) is 0 Å². The number of carbonyl (C=O) groups is 2. The van der Waals surface area contributed by atoms with Crippen molar-refractivity contribution in [1.29, 1.82) is 0 Å². The summed E-state index contributed by atoms with van der Waals surface area (Å²) in [7, 11) is 0. The first-order chi connectivity index (χ1) is 18.8. The highest BCUT2D eigenvalue weighted by molar-refractivity contribution is 6.05. The summed E-state index contributed by atoms with van der Waals surface area (Å²) in [6, 6.07) is 28.3. The predicted octanol–water partition coefficient (Wildman–Crippen LogP) is 7.14. The van der Waals surface area contributed by atoms with Crippen LogP contribution in [-0.2, 0) is 4.79 Å². The van der Waals surface area contributed by atoms with Crippen LogP contribution in [0.5, 0.6) is 5.88 Å². The van der Waals surface area contributed by atoms with Gasteiger partial charge in [0.25, 0.3) is 5.91 Å². The predicted molar refractivity (Wildman–Crippen MR) is 150 cm³/mol. The number of amides is 1. The van der Waals surface area contributed by atoms with Gasteiger partial charge in [-0.15, -0.1) is 0 Å². The number of benzene rings is 4. The van der Waals surface area contributed by atoms with Crippen molar-refractivity contribution in [2.45, 2.75) is 20.8 Å². The molecule has 7 heteroatoms. The first-order valence-electron chi connectivity index (χ1n) is 12.4. The highest BCUT2D eigenvalue weighted by Crippen LogP contribution is 2.42. The summed E-state index contributed by atoms with van der Waals surface area (Å²) in [6.45, 7) is 5.11. The van der Waals surface area contributed by atoms with Crippen molar-refractivity contribution in [2.24, 2.45) is 0 Å². The van der Waals surface area contributed by atoms with Gasteiger partial charge in [-0.05, 0) is 66.9 Å². The molecule has 1 N–H and O–H groups in total. The molecule has 0 bridgehead atoms. The monoisotopic (exact) mass is 519 g/mol. The zero-order chi connectivity index (χ0) is 27.5. The van der Waals surface area contributed by atoms with E-state index in [9.17, 15) is 9.59 Å². The fourth-order valence-corrected chi connectivity index (χ4v) is 4.45. The van der Waals surface area contributed by atoms with Gasteiger partial charge in [0, 0.05) is 23.7 Å². The van der Waals surface area contributed by atoms with Gasteiger partial charge >= 0.3 is 5.97 Å². The molecule has 6 nitrogen and oxygen atoms in total. The number of para-hydroxylation sites is 1. The average molecular weight is 520 g/mol. The highest BCUT2D eigenvalue weighted by atomic mass is 19.1. The maximum atomic E-state index is 15.1. The lowest BCUT2D eigenvalue weighted by atomic mass is 10.0. The summed E-state index contributed by atoms with van der Waals surface area (Å²) in [5.41, 5.74) is 5.31. The minimum atomic E-state index is -0.534. The number of aromatic nitrogens is 2. The Labute approximate surface area is 225 Å². The Hall–Kier alpha value is -5.04. The molecule has 0 saturated heterocycles. The van der Waals surface area contributed by atoms with Gasteiger partial charge in [0.1, 0.15) is 11.5 Å². The van der Waals surface area contributed by atoms with E-state index in [0.717, 1.165) is 11.1 Å². The molecule has 0 aliphatic rings. The van der Waals surface area contributed by atoms with Crippen molar-refractivity contribution >= 4 is 17.6 Å². The highest BCUT2D eigenvalue weighted by Gasteiger charge is 2.26. The summed E-state index contributed by atoms with van der Waals surface area (Å²) in [5, 5.41) is 7.66. The first-order valence-corrected chi connectivity index (χ1v) is 12.4. The van der Waals surface area contributed by atoms with Crippen LogP contribution < -0.4 is 10.1 Å². The molecule has 0 aliphatic heterocycles. The molecule has 0 radical (unpaired) electrons. The van der Waals surface area contributed by atoms with Crippen molar-refractivity contribution in [2.75, 3.05) is 5.32 Å². The maximum Gasteiger partial charge on any atom is 0.309 e. The summed E-state index contributed by atoms with van der Waals surface area (Å²) in [4.78, 5) is 25.0. The fourth-order valence-electron chi connectivity index (χ4n) is 4.45. The number of anilines is 1. The topological polar surface area (TPSA) is 73.2 Å². The van der Waals surface area contributed by atoms with Crippen molar-refractivity contribution < 1.29 is 18.7 Å². The zero-order valence-electron chi connectivity index (χ0n) is 21.7. The Morgan fingerprint density at radius 2 is 1.46 bits per heavy atom. The number of hydrogen-bond acceptors (Lipinski definition) is 4. The van der Waals surface area contributed by atoms with Crippen LogP contribution in [0.4, 0.5) is 10.1 Å². The molecule has 1 aromatic heterocycles. The summed E-state index contributed by atoms with van der Waals surface area (Å²) < 4.78 is 22.3. The second kappa shape index (κ2) is 10.8. The number of carbonyl (C=O) groups excluding carboxylic acids is 2. The maximum absolute atomic E-state index is 15.1. The van der Waals surface area contributed by atoms with E-state index >= 15 is 4.39 Å². The first kappa shape index (κ1) is 25.6. The molecular weight excluding hydrogens is 493 g/mol. The molecule has 1 amide bonds. The van der Waals surface area contributed by atoms with Gasteiger partial charge in [0.05, 0.1) is 11.3 Å². The molecule has 0 unspecified atom stereocenters. The van der Waals surface area contributed by atoms with Crippen LogP contribution in [0.1, 0.15) is 28.4 Å². The molecule has 1 heterocycles. The van der Waals surface area contributed by atoms with Crippen LogP contribution >= 0.6 is 0 Å². The Morgan fingerprint density at radius 1 is 0.821 bits per heavy atom. The summed E-state index contributed by atoms with van der Waals surface area (Å²) >= 11 is 0. The number of nitrogens with one attached hydrogen (secondary N) is 1. The number of aryl methyl sites for hydroxylation is 2. The molecule has 4 aromatic carbocycles. The van der Waals surface area contributed by atoms with Gasteiger partial charge in [0.15, 0.2) is 0 Å². The van der Waals surface area contributed by atoms with Gasteiger partial charge in [-0.25, -0.2) is 4.39 Å². The number of esters is 1. The number of halogens is 1. The Balaban J connectivity index is 1.64. The minimum absolute atomic E-state index is 0.173. The van der Waals surface area contributed by atoms with E-state index in [1.807, 2.05) is 56.3 Å². The van der Waals surface area contributed by atoms with E-state index in [2.05, 4.69) is 5.32 Å². The molecule has 0 spiro atoms. The molecule has 0 aliphatic carbocycles. The Kier molecular flexibility index (Phi) is 7.06. The van der Waals surface area contributed by atoms with E-state index in [0.29, 0.717) is 33.8 Å². The van der Waals surface area contributed by atoms with Gasteiger partial charge in [0.2, 0.25) is 5.88 Å². The minimum Gasteiger partial charge on any atom is -0.407 e. The molecule has 0 saturated carbocycles. The molecule has 39 heavy (non-hydrogen) atoms. The van der Waals surface area contributed by atoms with E-state index in [1.54, 1.807) is 48.5 Å². The molecule has 0 fully saturated rings. The average Bonchev–Trinajstić information content (AvgIpc) is 3.27. The molecule has 5 aromatic rings. The molecule has 0 atom stereocenters. The molecular formula is C32H26FN3O3. The second-order valence-electron chi connectivity index (χ2n) is 9.15. The number of ether oxygens (including phenoxy) is 1.